The second-order valence-corrected chi connectivity index (χ2v) is 4.99. The van der Waals surface area contributed by atoms with Gasteiger partial charge in [0.05, 0.1) is 0 Å². The van der Waals surface area contributed by atoms with E-state index in [1.54, 1.807) is 0 Å². The third-order valence-corrected chi connectivity index (χ3v) is 3.01. The first-order valence-corrected chi connectivity index (χ1v) is 5.62. The molecule has 1 rings (SSSR count). The lowest BCUT2D eigenvalue weighted by Crippen LogP contribution is -2.57. The quantitative estimate of drug-likeness (QED) is 0.693. The van der Waals surface area contributed by atoms with Gasteiger partial charge in [0.1, 0.15) is 0 Å². The molecule has 0 spiro atoms. The van der Waals surface area contributed by atoms with Crippen molar-refractivity contribution in [1.82, 2.24) is 10.2 Å². The summed E-state index contributed by atoms with van der Waals surface area (Å²) < 4.78 is 0. The fraction of sp³-hybridized carbons (Fsp3) is 0.833. The molecule has 0 saturated carbocycles. The minimum atomic E-state index is 0.640. The zero-order valence-electron chi connectivity index (χ0n) is 10.0. The predicted molar refractivity (Wildman–Crippen MR) is 62.5 cm³/mol. The highest BCUT2D eigenvalue weighted by Gasteiger charge is 2.26. The van der Waals surface area contributed by atoms with Gasteiger partial charge in [-0.3, -0.25) is 4.90 Å². The van der Waals surface area contributed by atoms with Gasteiger partial charge in [0.25, 0.3) is 0 Å². The Morgan fingerprint density at radius 2 is 2.21 bits per heavy atom. The Balaban J connectivity index is 2.50. The molecular formula is C12H24N2. The molecule has 0 aliphatic carbocycles. The molecule has 14 heavy (non-hydrogen) atoms. The first-order valence-electron chi connectivity index (χ1n) is 5.62. The van der Waals surface area contributed by atoms with Crippen LogP contribution in [-0.4, -0.2) is 36.6 Å². The van der Waals surface area contributed by atoms with Gasteiger partial charge in [-0.25, -0.2) is 0 Å². The highest BCUT2D eigenvalue weighted by molar-refractivity contribution is 4.96. The number of hydrogen-bond acceptors (Lipinski definition) is 2. The Morgan fingerprint density at radius 1 is 1.57 bits per heavy atom. The van der Waals surface area contributed by atoms with Gasteiger partial charge >= 0.3 is 0 Å². The number of nitrogens with one attached hydrogen (secondary N) is 1. The van der Waals surface area contributed by atoms with Crippen molar-refractivity contribution in [2.24, 2.45) is 5.92 Å². The van der Waals surface area contributed by atoms with Crippen molar-refractivity contribution in [3.8, 4) is 0 Å². The molecular weight excluding hydrogens is 172 g/mol. The molecule has 2 heteroatoms. The van der Waals surface area contributed by atoms with Crippen LogP contribution in [0.1, 0.15) is 27.7 Å². The molecule has 0 aromatic heterocycles. The van der Waals surface area contributed by atoms with E-state index in [0.717, 1.165) is 25.6 Å². The van der Waals surface area contributed by atoms with Crippen molar-refractivity contribution >= 4 is 0 Å². The molecule has 2 nitrogen and oxygen atoms in total. The van der Waals surface area contributed by atoms with Crippen molar-refractivity contribution in [2.75, 3.05) is 19.6 Å². The summed E-state index contributed by atoms with van der Waals surface area (Å²) in [5.41, 5.74) is 1.27. The maximum absolute atomic E-state index is 3.99. The lowest BCUT2D eigenvalue weighted by Gasteiger charge is -2.40. The summed E-state index contributed by atoms with van der Waals surface area (Å²) in [5.74, 6) is 0.718. The molecule has 2 unspecified atom stereocenters. The minimum Gasteiger partial charge on any atom is -0.311 e. The van der Waals surface area contributed by atoms with E-state index in [2.05, 4.69) is 44.5 Å². The highest BCUT2D eigenvalue weighted by Crippen LogP contribution is 2.13. The van der Waals surface area contributed by atoms with Crippen molar-refractivity contribution in [2.45, 2.75) is 39.8 Å². The van der Waals surface area contributed by atoms with E-state index >= 15 is 0 Å². The van der Waals surface area contributed by atoms with Gasteiger partial charge in [-0.05, 0) is 19.8 Å². The van der Waals surface area contributed by atoms with E-state index in [4.69, 9.17) is 0 Å². The standard InChI is InChI=1S/C12H24N2/c1-9(2)7-14-8-12(10(3)4)13-6-11(14)5/h10-13H,1,6-8H2,2-5H3. The first-order chi connectivity index (χ1) is 6.50. The molecule has 82 valence electrons. The van der Waals surface area contributed by atoms with Crippen LogP contribution in [0, 0.1) is 5.92 Å². The first kappa shape index (κ1) is 11.7. The molecule has 2 atom stereocenters. The average molecular weight is 196 g/mol. The van der Waals surface area contributed by atoms with Gasteiger partial charge in [0.2, 0.25) is 0 Å². The third kappa shape index (κ3) is 3.10. The Labute approximate surface area is 88.4 Å². The number of rotatable bonds is 3. The van der Waals surface area contributed by atoms with E-state index < -0.39 is 0 Å². The summed E-state index contributed by atoms with van der Waals surface area (Å²) in [5, 5.41) is 3.60. The van der Waals surface area contributed by atoms with Crippen molar-refractivity contribution < 1.29 is 0 Å². The molecule has 0 amide bonds. The van der Waals surface area contributed by atoms with E-state index in [1.807, 2.05) is 0 Å². The fourth-order valence-corrected chi connectivity index (χ4v) is 1.96. The highest BCUT2D eigenvalue weighted by atomic mass is 15.2. The Kier molecular flexibility index (Phi) is 4.14. The minimum absolute atomic E-state index is 0.640. The predicted octanol–water partition coefficient (Wildman–Crippen LogP) is 1.88. The number of nitrogens with zero attached hydrogens (tertiary/aromatic N) is 1. The topological polar surface area (TPSA) is 15.3 Å². The molecule has 1 heterocycles. The van der Waals surface area contributed by atoms with Crippen LogP contribution in [0.5, 0.6) is 0 Å². The largest absolute Gasteiger partial charge is 0.311 e. The third-order valence-electron chi connectivity index (χ3n) is 3.01. The molecule has 1 fully saturated rings. The number of hydrogen-bond donors (Lipinski definition) is 1. The molecule has 1 N–H and O–H groups in total. The lowest BCUT2D eigenvalue weighted by atomic mass is 9.99. The van der Waals surface area contributed by atoms with Crippen LogP contribution in [-0.2, 0) is 0 Å². The monoisotopic (exact) mass is 196 g/mol. The smallest absolute Gasteiger partial charge is 0.0218 e. The van der Waals surface area contributed by atoms with Crippen molar-refractivity contribution in [3.05, 3.63) is 12.2 Å². The second kappa shape index (κ2) is 4.94. The van der Waals surface area contributed by atoms with E-state index in [9.17, 15) is 0 Å². The van der Waals surface area contributed by atoms with E-state index in [0.29, 0.717) is 12.1 Å². The second-order valence-electron chi connectivity index (χ2n) is 4.99. The molecule has 0 radical (unpaired) electrons. The van der Waals surface area contributed by atoms with Crippen LogP contribution in [0.3, 0.4) is 0 Å². The van der Waals surface area contributed by atoms with Crippen LogP contribution in [0.2, 0.25) is 0 Å². The summed E-state index contributed by atoms with van der Waals surface area (Å²) in [6.45, 7) is 16.3. The Morgan fingerprint density at radius 3 is 2.71 bits per heavy atom. The average Bonchev–Trinajstić information content (AvgIpc) is 2.07. The summed E-state index contributed by atoms with van der Waals surface area (Å²) in [6.07, 6.45) is 0. The SMILES string of the molecule is C=C(C)CN1CC(C(C)C)NCC1C. The Hall–Kier alpha value is -0.340. The lowest BCUT2D eigenvalue weighted by molar-refractivity contribution is 0.134. The maximum atomic E-state index is 3.99. The van der Waals surface area contributed by atoms with Crippen LogP contribution in [0.25, 0.3) is 0 Å². The zero-order chi connectivity index (χ0) is 10.7. The van der Waals surface area contributed by atoms with Gasteiger partial charge in [-0.15, -0.1) is 0 Å². The summed E-state index contributed by atoms with van der Waals surface area (Å²) in [6, 6.07) is 1.28. The maximum Gasteiger partial charge on any atom is 0.0218 e. The van der Waals surface area contributed by atoms with Gasteiger partial charge < -0.3 is 5.32 Å². The summed E-state index contributed by atoms with van der Waals surface area (Å²) >= 11 is 0. The Bertz CT molecular complexity index is 198. The van der Waals surface area contributed by atoms with Gasteiger partial charge in [0.15, 0.2) is 0 Å². The van der Waals surface area contributed by atoms with Crippen LogP contribution in [0.4, 0.5) is 0 Å². The molecule has 1 aliphatic heterocycles. The number of piperazine rings is 1. The van der Waals surface area contributed by atoms with Crippen molar-refractivity contribution in [3.63, 3.8) is 0 Å². The summed E-state index contributed by atoms with van der Waals surface area (Å²) in [7, 11) is 0. The van der Waals surface area contributed by atoms with Crippen LogP contribution in [0.15, 0.2) is 12.2 Å². The summed E-state index contributed by atoms with van der Waals surface area (Å²) in [4.78, 5) is 2.53. The van der Waals surface area contributed by atoms with Gasteiger partial charge in [-0.1, -0.05) is 26.0 Å². The van der Waals surface area contributed by atoms with Gasteiger partial charge in [0, 0.05) is 31.7 Å². The van der Waals surface area contributed by atoms with E-state index in [-0.39, 0.29) is 0 Å². The zero-order valence-corrected chi connectivity index (χ0v) is 10.0. The van der Waals surface area contributed by atoms with Crippen molar-refractivity contribution in [1.29, 1.82) is 0 Å². The molecule has 1 aliphatic rings. The molecule has 0 aromatic carbocycles. The molecule has 0 bridgehead atoms. The van der Waals surface area contributed by atoms with Crippen LogP contribution < -0.4 is 5.32 Å². The normalized spacial score (nSPS) is 29.5. The van der Waals surface area contributed by atoms with Crippen LogP contribution >= 0.6 is 0 Å². The molecule has 1 saturated heterocycles. The fourth-order valence-electron chi connectivity index (χ4n) is 1.96. The molecule has 0 aromatic rings. The van der Waals surface area contributed by atoms with E-state index in [1.165, 1.54) is 5.57 Å². The van der Waals surface area contributed by atoms with Gasteiger partial charge in [-0.2, -0.15) is 0 Å².